The Hall–Kier alpha value is 0.370. The molecular weight excluding hydrogens is 221 g/mol. The maximum atomic E-state index is 12.1. The average molecular weight is 240 g/mol. The van der Waals surface area contributed by atoms with E-state index < -0.39 is 0 Å². The van der Waals surface area contributed by atoms with Crippen molar-refractivity contribution in [3.8, 4) is 0 Å². The molecule has 0 fully saturated rings. The number of nitrogens with zero attached hydrogens (tertiary/aromatic N) is 1. The highest BCUT2D eigenvalue weighted by molar-refractivity contribution is 9.09. The van der Waals surface area contributed by atoms with Gasteiger partial charge in [-0.3, -0.25) is 4.90 Å². The normalized spacial score (nSPS) is 11.5. The molecule has 0 radical (unpaired) electrons. The Kier molecular flexibility index (Phi) is 8.24. The third kappa shape index (κ3) is 4.41. The Morgan fingerprint density at radius 3 is 2.17 bits per heavy atom. The van der Waals surface area contributed by atoms with Crippen LogP contribution in [0.3, 0.4) is 0 Å². The molecule has 3 heteroatoms. The Balaban J connectivity index is 3.86. The summed E-state index contributed by atoms with van der Waals surface area (Å²) in [5, 5.41) is 0.934. The molecule has 0 aliphatic rings. The van der Waals surface area contributed by atoms with Crippen molar-refractivity contribution in [2.75, 3.05) is 25.1 Å². The van der Waals surface area contributed by atoms with E-state index >= 15 is 0 Å². The molecule has 0 saturated carbocycles. The zero-order chi connectivity index (χ0) is 9.40. The van der Waals surface area contributed by atoms with Crippen LogP contribution >= 0.6 is 15.9 Å². The molecule has 12 heavy (non-hydrogen) atoms. The molecule has 0 spiro atoms. The molecule has 0 N–H and O–H groups in total. The van der Waals surface area contributed by atoms with E-state index in [0.717, 1.165) is 24.7 Å². The summed E-state index contributed by atoms with van der Waals surface area (Å²) in [7, 11) is 0. The molecule has 0 aliphatic carbocycles. The van der Waals surface area contributed by atoms with Crippen molar-refractivity contribution in [2.24, 2.45) is 0 Å². The first-order valence-electron chi connectivity index (χ1n) is 4.66. The highest BCUT2D eigenvalue weighted by Crippen LogP contribution is 2.08. The van der Waals surface area contributed by atoms with Crippen molar-refractivity contribution in [3.63, 3.8) is 0 Å². The van der Waals surface area contributed by atoms with Gasteiger partial charge in [0.25, 0.3) is 0 Å². The lowest BCUT2D eigenvalue weighted by Gasteiger charge is -2.28. The van der Waals surface area contributed by atoms with Crippen LogP contribution in [-0.4, -0.2) is 36.0 Å². The summed E-state index contributed by atoms with van der Waals surface area (Å²) < 4.78 is 12.1. The molecule has 0 aromatic carbocycles. The van der Waals surface area contributed by atoms with Gasteiger partial charge in [-0.05, 0) is 12.8 Å². The third-order valence-electron chi connectivity index (χ3n) is 2.20. The number of alkyl halides is 2. The van der Waals surface area contributed by atoms with Crippen LogP contribution in [0.15, 0.2) is 0 Å². The maximum absolute atomic E-state index is 12.1. The van der Waals surface area contributed by atoms with Gasteiger partial charge in [-0.15, -0.1) is 0 Å². The summed E-state index contributed by atoms with van der Waals surface area (Å²) >= 11 is 3.38. The molecule has 0 rings (SSSR count). The Labute approximate surface area is 83.5 Å². The lowest BCUT2D eigenvalue weighted by molar-refractivity contribution is 0.182. The minimum Gasteiger partial charge on any atom is -0.297 e. The van der Waals surface area contributed by atoms with Gasteiger partial charge in [0.15, 0.2) is 0 Å². The summed E-state index contributed by atoms with van der Waals surface area (Å²) in [6.07, 6.45) is 2.23. The van der Waals surface area contributed by atoms with Crippen LogP contribution in [0.4, 0.5) is 4.39 Å². The van der Waals surface area contributed by atoms with Crippen molar-refractivity contribution in [3.05, 3.63) is 0 Å². The van der Waals surface area contributed by atoms with E-state index in [1.54, 1.807) is 0 Å². The van der Waals surface area contributed by atoms with Gasteiger partial charge in [-0.25, -0.2) is 4.39 Å². The minimum absolute atomic E-state index is 0.233. The molecular formula is C9H19BrFN. The molecule has 0 aromatic rings. The second kappa shape index (κ2) is 7.99. The highest BCUT2D eigenvalue weighted by Gasteiger charge is 2.13. The first-order valence-corrected chi connectivity index (χ1v) is 5.78. The van der Waals surface area contributed by atoms with E-state index in [9.17, 15) is 4.39 Å². The van der Waals surface area contributed by atoms with E-state index in [1.165, 1.54) is 0 Å². The molecule has 0 saturated heterocycles. The van der Waals surface area contributed by atoms with Crippen molar-refractivity contribution in [1.82, 2.24) is 4.90 Å². The number of halogens is 2. The van der Waals surface area contributed by atoms with Gasteiger partial charge >= 0.3 is 0 Å². The Morgan fingerprint density at radius 2 is 1.83 bits per heavy atom. The Bertz CT molecular complexity index is 90.5. The number of hydrogen-bond acceptors (Lipinski definition) is 1. The zero-order valence-corrected chi connectivity index (χ0v) is 9.61. The molecule has 0 unspecified atom stereocenters. The van der Waals surface area contributed by atoms with Crippen LogP contribution in [0.5, 0.6) is 0 Å². The van der Waals surface area contributed by atoms with Crippen molar-refractivity contribution in [1.29, 1.82) is 0 Å². The first-order chi connectivity index (χ1) is 5.79. The van der Waals surface area contributed by atoms with Crippen LogP contribution in [0.2, 0.25) is 0 Å². The van der Waals surface area contributed by atoms with Gasteiger partial charge in [0.05, 0.1) is 0 Å². The monoisotopic (exact) mass is 239 g/mol. The fourth-order valence-corrected chi connectivity index (χ4v) is 1.95. The van der Waals surface area contributed by atoms with Crippen LogP contribution in [0.25, 0.3) is 0 Å². The largest absolute Gasteiger partial charge is 0.297 e. The summed E-state index contributed by atoms with van der Waals surface area (Å²) in [5.41, 5.74) is 0. The average Bonchev–Trinajstić information content (AvgIpc) is 2.07. The maximum Gasteiger partial charge on any atom is 0.102 e. The van der Waals surface area contributed by atoms with Crippen molar-refractivity contribution in [2.45, 2.75) is 32.7 Å². The quantitative estimate of drug-likeness (QED) is 0.618. The van der Waals surface area contributed by atoms with Gasteiger partial charge in [-0.2, -0.15) is 0 Å². The topological polar surface area (TPSA) is 3.24 Å². The standard InChI is InChI=1S/C9H19BrFN/c1-3-9(4-2)12(7-5-10)8-6-11/h9H,3-8H2,1-2H3. The summed E-state index contributed by atoms with van der Waals surface area (Å²) in [6.45, 7) is 5.62. The smallest absolute Gasteiger partial charge is 0.102 e. The molecule has 1 nitrogen and oxygen atoms in total. The lowest BCUT2D eigenvalue weighted by atomic mass is 10.1. The minimum atomic E-state index is -0.233. The molecule has 0 aliphatic heterocycles. The van der Waals surface area contributed by atoms with E-state index in [4.69, 9.17) is 0 Å². The van der Waals surface area contributed by atoms with Gasteiger partial charge in [0, 0.05) is 24.5 Å². The fraction of sp³-hybridized carbons (Fsp3) is 1.00. The van der Waals surface area contributed by atoms with Crippen molar-refractivity contribution < 1.29 is 4.39 Å². The first kappa shape index (κ1) is 12.4. The van der Waals surface area contributed by atoms with Crippen molar-refractivity contribution >= 4 is 15.9 Å². The van der Waals surface area contributed by atoms with Gasteiger partial charge in [0.1, 0.15) is 6.67 Å². The van der Waals surface area contributed by atoms with Gasteiger partial charge in [-0.1, -0.05) is 29.8 Å². The number of hydrogen-bond donors (Lipinski definition) is 0. The second-order valence-corrected chi connectivity index (χ2v) is 3.68. The molecule has 0 aromatic heterocycles. The predicted molar refractivity (Wildman–Crippen MR) is 55.7 cm³/mol. The fourth-order valence-electron chi connectivity index (χ4n) is 1.50. The molecule has 0 amide bonds. The van der Waals surface area contributed by atoms with E-state index in [2.05, 4.69) is 34.7 Å². The van der Waals surface area contributed by atoms with E-state index in [-0.39, 0.29) is 6.67 Å². The molecule has 0 atom stereocenters. The molecule has 0 heterocycles. The van der Waals surface area contributed by atoms with Crippen LogP contribution < -0.4 is 0 Å². The zero-order valence-electron chi connectivity index (χ0n) is 8.02. The Morgan fingerprint density at radius 1 is 1.25 bits per heavy atom. The van der Waals surface area contributed by atoms with Crippen LogP contribution in [0.1, 0.15) is 26.7 Å². The second-order valence-electron chi connectivity index (χ2n) is 2.88. The van der Waals surface area contributed by atoms with E-state index in [1.807, 2.05) is 0 Å². The summed E-state index contributed by atoms with van der Waals surface area (Å²) in [5.74, 6) is 0. The lowest BCUT2D eigenvalue weighted by Crippen LogP contribution is -2.37. The van der Waals surface area contributed by atoms with Crippen LogP contribution in [-0.2, 0) is 0 Å². The van der Waals surface area contributed by atoms with Gasteiger partial charge in [0.2, 0.25) is 0 Å². The third-order valence-corrected chi connectivity index (χ3v) is 2.56. The molecule has 74 valence electrons. The predicted octanol–water partition coefficient (Wildman–Crippen LogP) is 2.84. The van der Waals surface area contributed by atoms with E-state index in [0.29, 0.717) is 12.6 Å². The molecule has 0 bridgehead atoms. The summed E-state index contributed by atoms with van der Waals surface area (Å²) in [4.78, 5) is 2.22. The number of rotatable bonds is 7. The van der Waals surface area contributed by atoms with Crippen LogP contribution in [0, 0.1) is 0 Å². The summed E-state index contributed by atoms with van der Waals surface area (Å²) in [6, 6.07) is 0.554. The SMILES string of the molecule is CCC(CC)N(CCF)CCBr. The van der Waals surface area contributed by atoms with Gasteiger partial charge < -0.3 is 0 Å². The highest BCUT2D eigenvalue weighted by atomic mass is 79.9.